The first-order valence-electron chi connectivity index (χ1n) is 8.06. The SMILES string of the molecule is CCCNC1CC(C)CC(C)C1Sc1ccc(C)cc1. The van der Waals surface area contributed by atoms with Crippen LogP contribution in [0.15, 0.2) is 29.2 Å². The topological polar surface area (TPSA) is 12.0 Å². The third-order valence-corrected chi connectivity index (χ3v) is 5.95. The maximum atomic E-state index is 3.79. The third-order valence-electron chi connectivity index (χ3n) is 4.34. The molecule has 1 aliphatic rings. The lowest BCUT2D eigenvalue weighted by atomic mass is 9.80. The Kier molecular flexibility index (Phi) is 5.98. The van der Waals surface area contributed by atoms with Crippen LogP contribution in [-0.4, -0.2) is 17.8 Å². The molecule has 1 nitrogen and oxygen atoms in total. The Morgan fingerprint density at radius 1 is 1.15 bits per heavy atom. The van der Waals surface area contributed by atoms with Gasteiger partial charge in [-0.2, -0.15) is 0 Å². The number of rotatable bonds is 5. The zero-order valence-corrected chi connectivity index (χ0v) is 14.2. The van der Waals surface area contributed by atoms with Crippen LogP contribution in [0.25, 0.3) is 0 Å². The lowest BCUT2D eigenvalue weighted by molar-refractivity contribution is 0.249. The highest BCUT2D eigenvalue weighted by molar-refractivity contribution is 8.00. The molecular formula is C18H29NS. The van der Waals surface area contributed by atoms with Crippen LogP contribution in [-0.2, 0) is 0 Å². The van der Waals surface area contributed by atoms with Gasteiger partial charge in [0.05, 0.1) is 0 Å². The van der Waals surface area contributed by atoms with Crippen molar-refractivity contribution in [2.24, 2.45) is 11.8 Å². The van der Waals surface area contributed by atoms with Crippen LogP contribution in [0, 0.1) is 18.8 Å². The molecule has 0 heterocycles. The fourth-order valence-electron chi connectivity index (χ4n) is 3.33. The molecule has 4 unspecified atom stereocenters. The van der Waals surface area contributed by atoms with E-state index in [1.54, 1.807) is 0 Å². The third kappa shape index (κ3) is 4.26. The van der Waals surface area contributed by atoms with Crippen molar-refractivity contribution in [3.8, 4) is 0 Å². The maximum Gasteiger partial charge on any atom is 0.0274 e. The molecule has 0 radical (unpaired) electrons. The Bertz CT molecular complexity index is 400. The molecule has 0 saturated heterocycles. The van der Waals surface area contributed by atoms with Crippen LogP contribution in [0.3, 0.4) is 0 Å². The van der Waals surface area contributed by atoms with E-state index in [1.807, 2.05) is 0 Å². The van der Waals surface area contributed by atoms with Gasteiger partial charge < -0.3 is 5.32 Å². The quantitative estimate of drug-likeness (QED) is 0.829. The molecule has 1 aromatic rings. The summed E-state index contributed by atoms with van der Waals surface area (Å²) in [5.74, 6) is 1.65. The summed E-state index contributed by atoms with van der Waals surface area (Å²) in [4.78, 5) is 1.42. The van der Waals surface area contributed by atoms with Crippen molar-refractivity contribution in [3.63, 3.8) is 0 Å². The van der Waals surface area contributed by atoms with E-state index < -0.39 is 0 Å². The molecule has 20 heavy (non-hydrogen) atoms. The molecular weight excluding hydrogens is 262 g/mol. The highest BCUT2D eigenvalue weighted by Gasteiger charge is 2.34. The van der Waals surface area contributed by atoms with Crippen molar-refractivity contribution in [1.29, 1.82) is 0 Å². The summed E-state index contributed by atoms with van der Waals surface area (Å²) in [6.07, 6.45) is 3.92. The van der Waals surface area contributed by atoms with Crippen LogP contribution in [0.4, 0.5) is 0 Å². The highest BCUT2D eigenvalue weighted by Crippen LogP contribution is 2.39. The predicted octanol–water partition coefficient (Wildman–Crippen LogP) is 4.89. The second-order valence-corrected chi connectivity index (χ2v) is 7.76. The average Bonchev–Trinajstić information content (AvgIpc) is 2.42. The van der Waals surface area contributed by atoms with Gasteiger partial charge in [-0.25, -0.2) is 0 Å². The largest absolute Gasteiger partial charge is 0.313 e. The van der Waals surface area contributed by atoms with E-state index in [2.05, 4.69) is 69.0 Å². The second kappa shape index (κ2) is 7.51. The summed E-state index contributed by atoms with van der Waals surface area (Å²) in [6.45, 7) is 10.4. The number of nitrogens with one attached hydrogen (secondary N) is 1. The van der Waals surface area contributed by atoms with E-state index in [0.717, 1.165) is 18.4 Å². The molecule has 4 atom stereocenters. The van der Waals surface area contributed by atoms with Gasteiger partial charge in [0.25, 0.3) is 0 Å². The Morgan fingerprint density at radius 3 is 2.50 bits per heavy atom. The molecule has 0 spiro atoms. The molecule has 1 fully saturated rings. The zero-order valence-electron chi connectivity index (χ0n) is 13.4. The van der Waals surface area contributed by atoms with Crippen LogP contribution in [0.1, 0.15) is 45.6 Å². The second-order valence-electron chi connectivity index (χ2n) is 6.51. The van der Waals surface area contributed by atoms with Crippen LogP contribution in [0.5, 0.6) is 0 Å². The van der Waals surface area contributed by atoms with Gasteiger partial charge in [0.2, 0.25) is 0 Å². The molecule has 0 aromatic heterocycles. The minimum absolute atomic E-state index is 0.667. The molecule has 0 amide bonds. The van der Waals surface area contributed by atoms with E-state index in [0.29, 0.717) is 11.3 Å². The average molecular weight is 292 g/mol. The van der Waals surface area contributed by atoms with Gasteiger partial charge >= 0.3 is 0 Å². The molecule has 2 rings (SSSR count). The first-order valence-corrected chi connectivity index (χ1v) is 8.94. The lowest BCUT2D eigenvalue weighted by Crippen LogP contribution is -2.46. The number of aryl methyl sites for hydroxylation is 1. The molecule has 1 N–H and O–H groups in total. The summed E-state index contributed by atoms with van der Waals surface area (Å²) >= 11 is 2.08. The highest BCUT2D eigenvalue weighted by atomic mass is 32.2. The fourth-order valence-corrected chi connectivity index (χ4v) is 4.65. The summed E-state index contributed by atoms with van der Waals surface area (Å²) < 4.78 is 0. The maximum absolute atomic E-state index is 3.79. The Hall–Kier alpha value is -0.470. The van der Waals surface area contributed by atoms with Crippen LogP contribution >= 0.6 is 11.8 Å². The van der Waals surface area contributed by atoms with Gasteiger partial charge in [0.1, 0.15) is 0 Å². The minimum Gasteiger partial charge on any atom is -0.313 e. The summed E-state index contributed by atoms with van der Waals surface area (Å²) in [5.41, 5.74) is 1.35. The number of thioether (sulfide) groups is 1. The van der Waals surface area contributed by atoms with Crippen molar-refractivity contribution >= 4 is 11.8 Å². The van der Waals surface area contributed by atoms with E-state index in [-0.39, 0.29) is 0 Å². The molecule has 0 aliphatic heterocycles. The van der Waals surface area contributed by atoms with Gasteiger partial charge in [-0.05, 0) is 56.7 Å². The van der Waals surface area contributed by atoms with E-state index in [1.165, 1.54) is 29.7 Å². The lowest BCUT2D eigenvalue weighted by Gasteiger charge is -2.40. The summed E-state index contributed by atoms with van der Waals surface area (Å²) in [5, 5.41) is 4.50. The van der Waals surface area contributed by atoms with Gasteiger partial charge in [-0.1, -0.05) is 38.5 Å². The van der Waals surface area contributed by atoms with Crippen molar-refractivity contribution in [2.45, 2.75) is 63.1 Å². The van der Waals surface area contributed by atoms with Gasteiger partial charge in [-0.3, -0.25) is 0 Å². The summed E-state index contributed by atoms with van der Waals surface area (Å²) in [6, 6.07) is 9.68. The molecule has 1 aliphatic carbocycles. The standard InChI is InChI=1S/C18H29NS/c1-5-10-19-17-12-14(3)11-15(4)18(17)20-16-8-6-13(2)7-9-16/h6-9,14-15,17-19H,5,10-12H2,1-4H3. The number of benzene rings is 1. The van der Waals surface area contributed by atoms with Crippen molar-refractivity contribution in [3.05, 3.63) is 29.8 Å². The van der Waals surface area contributed by atoms with Crippen molar-refractivity contribution in [2.75, 3.05) is 6.54 Å². The first kappa shape index (κ1) is 15.9. The van der Waals surface area contributed by atoms with Gasteiger partial charge in [-0.15, -0.1) is 11.8 Å². The molecule has 2 heteroatoms. The van der Waals surface area contributed by atoms with E-state index >= 15 is 0 Å². The fraction of sp³-hybridized carbons (Fsp3) is 0.667. The zero-order chi connectivity index (χ0) is 14.5. The molecule has 1 saturated carbocycles. The minimum atomic E-state index is 0.667. The Morgan fingerprint density at radius 2 is 1.85 bits per heavy atom. The number of hydrogen-bond acceptors (Lipinski definition) is 2. The monoisotopic (exact) mass is 291 g/mol. The first-order chi connectivity index (χ1) is 9.60. The normalized spacial score (nSPS) is 30.4. The predicted molar refractivity (Wildman–Crippen MR) is 90.5 cm³/mol. The molecule has 1 aromatic carbocycles. The van der Waals surface area contributed by atoms with E-state index in [9.17, 15) is 0 Å². The van der Waals surface area contributed by atoms with Crippen molar-refractivity contribution < 1.29 is 0 Å². The molecule has 112 valence electrons. The smallest absolute Gasteiger partial charge is 0.0274 e. The van der Waals surface area contributed by atoms with E-state index in [4.69, 9.17) is 0 Å². The van der Waals surface area contributed by atoms with Crippen molar-refractivity contribution in [1.82, 2.24) is 5.32 Å². The van der Waals surface area contributed by atoms with Gasteiger partial charge in [0.15, 0.2) is 0 Å². The number of hydrogen-bond donors (Lipinski definition) is 1. The Labute approximate surface area is 128 Å². The Balaban J connectivity index is 2.05. The van der Waals surface area contributed by atoms with Crippen LogP contribution < -0.4 is 5.32 Å². The molecule has 0 bridgehead atoms. The summed E-state index contributed by atoms with van der Waals surface area (Å²) in [7, 11) is 0. The van der Waals surface area contributed by atoms with Crippen LogP contribution in [0.2, 0.25) is 0 Å². The van der Waals surface area contributed by atoms with Gasteiger partial charge in [0, 0.05) is 16.2 Å².